The van der Waals surface area contributed by atoms with Crippen LogP contribution in [0.4, 0.5) is 29.3 Å². The molecule has 0 fully saturated rings. The van der Waals surface area contributed by atoms with Crippen LogP contribution in [-0.4, -0.2) is 24.0 Å². The van der Waals surface area contributed by atoms with Crippen molar-refractivity contribution in [3.8, 4) is 11.6 Å². The van der Waals surface area contributed by atoms with Gasteiger partial charge in [0.2, 0.25) is 5.88 Å². The predicted molar refractivity (Wildman–Crippen MR) is 113 cm³/mol. The minimum absolute atomic E-state index is 0.0683. The molecule has 7 nitrogen and oxygen atoms in total. The van der Waals surface area contributed by atoms with Gasteiger partial charge >= 0.3 is 12.2 Å². The predicted octanol–water partition coefficient (Wildman–Crippen LogP) is 5.55. The number of halogens is 4. The molecule has 2 aromatic carbocycles. The van der Waals surface area contributed by atoms with Crippen molar-refractivity contribution in [3.63, 3.8) is 0 Å². The Morgan fingerprint density at radius 3 is 2.28 bits per heavy atom. The van der Waals surface area contributed by atoms with Gasteiger partial charge in [-0.3, -0.25) is 4.79 Å². The molecule has 0 saturated carbocycles. The number of rotatable bonds is 5. The molecule has 0 atom stereocenters. The Bertz CT molecular complexity index is 1140. The summed E-state index contributed by atoms with van der Waals surface area (Å²) in [5.74, 6) is 0.309. The quantitative estimate of drug-likeness (QED) is 0.461. The lowest BCUT2D eigenvalue weighted by molar-refractivity contribution is -0.137. The zero-order valence-electron chi connectivity index (χ0n) is 16.5. The van der Waals surface area contributed by atoms with Crippen LogP contribution in [0.3, 0.4) is 0 Å². The smallest absolute Gasteiger partial charge is 0.417 e. The lowest BCUT2D eigenvalue weighted by Gasteiger charge is -2.12. The maximum absolute atomic E-state index is 12.9. The summed E-state index contributed by atoms with van der Waals surface area (Å²) >= 11 is 5.57. The number of hydrogen-bond donors (Lipinski definition) is 3. The Hall–Kier alpha value is -3.79. The molecule has 3 aromatic rings. The monoisotopic (exact) mass is 464 g/mol. The lowest BCUT2D eigenvalue weighted by Crippen LogP contribution is -2.19. The van der Waals surface area contributed by atoms with E-state index in [0.717, 1.165) is 12.1 Å². The van der Waals surface area contributed by atoms with Crippen LogP contribution in [0.1, 0.15) is 15.9 Å². The minimum Gasteiger partial charge on any atom is -0.439 e. The van der Waals surface area contributed by atoms with E-state index in [9.17, 15) is 22.8 Å². The first-order valence-corrected chi connectivity index (χ1v) is 9.44. The zero-order chi connectivity index (χ0) is 23.3. The molecule has 1 aromatic heterocycles. The van der Waals surface area contributed by atoms with E-state index in [-0.39, 0.29) is 17.5 Å². The van der Waals surface area contributed by atoms with Crippen LogP contribution in [0.15, 0.2) is 60.8 Å². The number of aromatic nitrogens is 1. The molecule has 1 heterocycles. The number of nitrogens with zero attached hydrogens (tertiary/aromatic N) is 1. The third kappa shape index (κ3) is 5.88. The normalized spacial score (nSPS) is 10.9. The number of anilines is 2. The molecular weight excluding hydrogens is 449 g/mol. The Morgan fingerprint density at radius 2 is 1.62 bits per heavy atom. The molecule has 0 bridgehead atoms. The SMILES string of the molecule is CNC(=O)c1ccnc(Oc2ccc(NC(=O)Nc3ccc(Cl)c(C(F)(F)F)c3)cc2)c1. The number of nitrogens with one attached hydrogen (secondary N) is 3. The number of carbonyl (C=O) groups excluding carboxylic acids is 2. The highest BCUT2D eigenvalue weighted by molar-refractivity contribution is 6.31. The van der Waals surface area contributed by atoms with Crippen molar-refractivity contribution in [2.45, 2.75) is 6.18 Å². The summed E-state index contributed by atoms with van der Waals surface area (Å²) in [7, 11) is 1.51. The van der Waals surface area contributed by atoms with Crippen LogP contribution in [0.5, 0.6) is 11.6 Å². The summed E-state index contributed by atoms with van der Waals surface area (Å²) in [6.45, 7) is 0. The third-order valence-electron chi connectivity index (χ3n) is 4.09. The van der Waals surface area contributed by atoms with Crippen LogP contribution >= 0.6 is 11.6 Å². The van der Waals surface area contributed by atoms with Crippen molar-refractivity contribution < 1.29 is 27.5 Å². The van der Waals surface area contributed by atoms with Gasteiger partial charge in [-0.1, -0.05) is 11.6 Å². The molecule has 0 aliphatic heterocycles. The average Bonchev–Trinajstić information content (AvgIpc) is 2.75. The van der Waals surface area contributed by atoms with Crippen LogP contribution in [0.25, 0.3) is 0 Å². The zero-order valence-corrected chi connectivity index (χ0v) is 17.2. The number of benzene rings is 2. The Morgan fingerprint density at radius 1 is 0.969 bits per heavy atom. The van der Waals surface area contributed by atoms with Crippen molar-refractivity contribution >= 4 is 34.9 Å². The number of hydrogen-bond acceptors (Lipinski definition) is 4. The molecule has 0 spiro atoms. The van der Waals surface area contributed by atoms with Gasteiger partial charge in [-0.05, 0) is 48.5 Å². The van der Waals surface area contributed by atoms with Gasteiger partial charge in [0.1, 0.15) is 5.75 Å². The topological polar surface area (TPSA) is 92.3 Å². The standard InChI is InChI=1S/C21H16ClF3N4O3/c1-26-19(30)12-8-9-27-18(10-12)32-15-5-2-13(3-6-15)28-20(31)29-14-4-7-17(22)16(11-14)21(23,24)25/h2-11H,1H3,(H,26,30)(H2,28,29,31). The summed E-state index contributed by atoms with van der Waals surface area (Å²) in [4.78, 5) is 27.8. The van der Waals surface area contributed by atoms with Crippen molar-refractivity contribution in [3.05, 3.63) is 76.9 Å². The second-order valence-corrected chi connectivity index (χ2v) is 6.77. The van der Waals surface area contributed by atoms with Gasteiger partial charge < -0.3 is 20.7 Å². The van der Waals surface area contributed by atoms with Gasteiger partial charge in [0.05, 0.1) is 10.6 Å². The molecule has 166 valence electrons. The number of amides is 3. The maximum Gasteiger partial charge on any atom is 0.417 e. The molecule has 0 aliphatic carbocycles. The number of carbonyl (C=O) groups is 2. The molecule has 0 unspecified atom stereocenters. The summed E-state index contributed by atoms with van der Waals surface area (Å²) in [5.41, 5.74) is -0.371. The fraction of sp³-hybridized carbons (Fsp3) is 0.0952. The molecule has 0 radical (unpaired) electrons. The highest BCUT2D eigenvalue weighted by Gasteiger charge is 2.33. The van der Waals surface area contributed by atoms with E-state index < -0.39 is 22.8 Å². The molecule has 0 saturated heterocycles. The number of alkyl halides is 3. The third-order valence-corrected chi connectivity index (χ3v) is 4.42. The van der Waals surface area contributed by atoms with E-state index >= 15 is 0 Å². The molecule has 0 aliphatic rings. The summed E-state index contributed by atoms with van der Waals surface area (Å²) < 4.78 is 44.4. The van der Waals surface area contributed by atoms with E-state index in [1.165, 1.54) is 43.6 Å². The molecule has 32 heavy (non-hydrogen) atoms. The van der Waals surface area contributed by atoms with Crippen LogP contribution in [0.2, 0.25) is 5.02 Å². The van der Waals surface area contributed by atoms with E-state index in [4.69, 9.17) is 16.3 Å². The molecule has 3 N–H and O–H groups in total. The second-order valence-electron chi connectivity index (χ2n) is 6.36. The van der Waals surface area contributed by atoms with E-state index in [1.807, 2.05) is 0 Å². The second kappa shape index (κ2) is 9.56. The molecule has 3 rings (SSSR count). The molecule has 11 heteroatoms. The van der Waals surface area contributed by atoms with Gasteiger partial charge in [-0.25, -0.2) is 9.78 Å². The van der Waals surface area contributed by atoms with E-state index in [0.29, 0.717) is 17.0 Å². The molecule has 3 amide bonds. The van der Waals surface area contributed by atoms with Gasteiger partial charge in [0, 0.05) is 36.2 Å². The van der Waals surface area contributed by atoms with Crippen LogP contribution in [-0.2, 0) is 6.18 Å². The summed E-state index contributed by atoms with van der Waals surface area (Å²) in [5, 5.41) is 6.85. The summed E-state index contributed by atoms with van der Waals surface area (Å²) in [6, 6.07) is 11.5. The van der Waals surface area contributed by atoms with Gasteiger partial charge in [0.15, 0.2) is 0 Å². The minimum atomic E-state index is -4.64. The fourth-order valence-corrected chi connectivity index (χ4v) is 2.82. The largest absolute Gasteiger partial charge is 0.439 e. The average molecular weight is 465 g/mol. The number of pyridine rings is 1. The first kappa shape index (κ1) is 22.9. The van der Waals surface area contributed by atoms with Crippen molar-refractivity contribution in [1.29, 1.82) is 0 Å². The number of ether oxygens (including phenoxy) is 1. The maximum atomic E-state index is 12.9. The molecular formula is C21H16ClF3N4O3. The van der Waals surface area contributed by atoms with Gasteiger partial charge in [0.25, 0.3) is 5.91 Å². The lowest BCUT2D eigenvalue weighted by atomic mass is 10.2. The van der Waals surface area contributed by atoms with Gasteiger partial charge in [-0.15, -0.1) is 0 Å². The Kier molecular flexibility index (Phi) is 6.84. The van der Waals surface area contributed by atoms with E-state index in [1.54, 1.807) is 12.1 Å². The van der Waals surface area contributed by atoms with Crippen LogP contribution in [0, 0.1) is 0 Å². The van der Waals surface area contributed by atoms with Crippen LogP contribution < -0.4 is 20.7 Å². The highest BCUT2D eigenvalue weighted by atomic mass is 35.5. The van der Waals surface area contributed by atoms with E-state index in [2.05, 4.69) is 20.9 Å². The fourth-order valence-electron chi connectivity index (χ4n) is 2.59. The first-order valence-electron chi connectivity index (χ1n) is 9.06. The van der Waals surface area contributed by atoms with Crippen molar-refractivity contribution in [2.24, 2.45) is 0 Å². The van der Waals surface area contributed by atoms with Crippen molar-refractivity contribution in [1.82, 2.24) is 10.3 Å². The van der Waals surface area contributed by atoms with Gasteiger partial charge in [-0.2, -0.15) is 13.2 Å². The Labute approximate surface area is 185 Å². The Balaban J connectivity index is 1.62. The summed E-state index contributed by atoms with van der Waals surface area (Å²) in [6.07, 6.45) is -3.21. The number of urea groups is 1. The highest BCUT2D eigenvalue weighted by Crippen LogP contribution is 2.36. The van der Waals surface area contributed by atoms with Crippen molar-refractivity contribution in [2.75, 3.05) is 17.7 Å². The first-order chi connectivity index (χ1) is 15.2.